The molecule has 2 aromatic carbocycles. The Bertz CT molecular complexity index is 883. The Morgan fingerprint density at radius 2 is 1.79 bits per heavy atom. The lowest BCUT2D eigenvalue weighted by Crippen LogP contribution is -2.45. The van der Waals surface area contributed by atoms with Crippen molar-refractivity contribution in [2.45, 2.75) is 52.0 Å². The maximum atomic E-state index is 12.9. The lowest BCUT2D eigenvalue weighted by Gasteiger charge is -2.29. The first kappa shape index (κ1) is 19.9. The van der Waals surface area contributed by atoms with Crippen molar-refractivity contribution in [2.75, 3.05) is 6.61 Å². The molecule has 2 N–H and O–H groups in total. The SMILES string of the molecule is CCCCCCCOC(=O)C1=C(C)NC(=O)N[C@H]1c1cccc2ccccc12. The fourth-order valence-corrected chi connectivity index (χ4v) is 3.65. The number of urea groups is 1. The fraction of sp³-hybridized carbons (Fsp3) is 0.391. The van der Waals surface area contributed by atoms with Crippen LogP contribution in [-0.2, 0) is 9.53 Å². The Morgan fingerprint density at radius 3 is 2.61 bits per heavy atom. The molecule has 1 aliphatic rings. The van der Waals surface area contributed by atoms with Crippen LogP contribution in [0.4, 0.5) is 4.79 Å². The monoisotopic (exact) mass is 380 g/mol. The number of rotatable bonds is 8. The van der Waals surface area contributed by atoms with Crippen molar-refractivity contribution < 1.29 is 14.3 Å². The van der Waals surface area contributed by atoms with E-state index in [9.17, 15) is 9.59 Å². The molecule has 5 heteroatoms. The number of nitrogens with one attached hydrogen (secondary N) is 2. The van der Waals surface area contributed by atoms with E-state index in [1.807, 2.05) is 42.5 Å². The van der Waals surface area contributed by atoms with Gasteiger partial charge in [0.1, 0.15) is 0 Å². The van der Waals surface area contributed by atoms with Crippen LogP contribution >= 0.6 is 0 Å². The number of hydrogen-bond donors (Lipinski definition) is 2. The van der Waals surface area contributed by atoms with Crippen molar-refractivity contribution in [2.24, 2.45) is 0 Å². The van der Waals surface area contributed by atoms with E-state index in [2.05, 4.69) is 17.6 Å². The van der Waals surface area contributed by atoms with Gasteiger partial charge in [-0.1, -0.05) is 75.1 Å². The summed E-state index contributed by atoms with van der Waals surface area (Å²) >= 11 is 0. The summed E-state index contributed by atoms with van der Waals surface area (Å²) in [6.45, 7) is 4.32. The van der Waals surface area contributed by atoms with Gasteiger partial charge in [-0.3, -0.25) is 0 Å². The van der Waals surface area contributed by atoms with Crippen LogP contribution in [0.25, 0.3) is 10.8 Å². The van der Waals surface area contributed by atoms with Crippen molar-refractivity contribution >= 4 is 22.8 Å². The molecule has 2 aromatic rings. The molecule has 1 atom stereocenters. The predicted molar refractivity (Wildman–Crippen MR) is 111 cm³/mol. The molecule has 0 fully saturated rings. The van der Waals surface area contributed by atoms with Crippen LogP contribution in [0.3, 0.4) is 0 Å². The zero-order chi connectivity index (χ0) is 19.9. The average Bonchev–Trinajstić information content (AvgIpc) is 2.69. The summed E-state index contributed by atoms with van der Waals surface area (Å²) in [7, 11) is 0. The van der Waals surface area contributed by atoms with E-state index in [0.717, 1.165) is 35.6 Å². The van der Waals surface area contributed by atoms with Crippen molar-refractivity contribution in [3.05, 3.63) is 59.3 Å². The van der Waals surface area contributed by atoms with Gasteiger partial charge in [0.2, 0.25) is 0 Å². The van der Waals surface area contributed by atoms with Crippen molar-refractivity contribution in [3.63, 3.8) is 0 Å². The standard InChI is InChI=1S/C23H28N2O3/c1-3-4-5-6-9-15-28-22(26)20-16(2)24-23(27)25-21(20)19-14-10-12-17-11-7-8-13-18(17)19/h7-8,10-14,21H,3-6,9,15H2,1-2H3,(H2,24,25,27)/t21-/m0/s1. The van der Waals surface area contributed by atoms with Crippen LogP contribution in [-0.4, -0.2) is 18.6 Å². The van der Waals surface area contributed by atoms with E-state index in [4.69, 9.17) is 4.74 Å². The number of amides is 2. The van der Waals surface area contributed by atoms with Crippen LogP contribution in [0.15, 0.2) is 53.7 Å². The molecule has 0 radical (unpaired) electrons. The number of carbonyl (C=O) groups is 2. The average molecular weight is 380 g/mol. The molecule has 0 aliphatic carbocycles. The first-order valence-corrected chi connectivity index (χ1v) is 10.0. The smallest absolute Gasteiger partial charge is 0.338 e. The summed E-state index contributed by atoms with van der Waals surface area (Å²) in [5.74, 6) is -0.376. The zero-order valence-electron chi connectivity index (χ0n) is 16.6. The van der Waals surface area contributed by atoms with E-state index >= 15 is 0 Å². The highest BCUT2D eigenvalue weighted by Crippen LogP contribution is 2.32. The second-order valence-corrected chi connectivity index (χ2v) is 7.19. The molecule has 1 aliphatic heterocycles. The molecule has 0 saturated heterocycles. The molecule has 0 unspecified atom stereocenters. The summed E-state index contributed by atoms with van der Waals surface area (Å²) in [6, 6.07) is 13.0. The molecule has 0 bridgehead atoms. The van der Waals surface area contributed by atoms with Gasteiger partial charge in [0.15, 0.2) is 0 Å². The highest BCUT2D eigenvalue weighted by atomic mass is 16.5. The van der Waals surface area contributed by atoms with Gasteiger partial charge in [-0.2, -0.15) is 0 Å². The first-order chi connectivity index (χ1) is 13.6. The quantitative estimate of drug-likeness (QED) is 0.501. The molecule has 0 aromatic heterocycles. The van der Waals surface area contributed by atoms with Gasteiger partial charge in [-0.15, -0.1) is 0 Å². The zero-order valence-corrected chi connectivity index (χ0v) is 16.6. The van der Waals surface area contributed by atoms with Crippen molar-refractivity contribution in [1.29, 1.82) is 0 Å². The molecular weight excluding hydrogens is 352 g/mol. The fourth-order valence-electron chi connectivity index (χ4n) is 3.65. The third-order valence-corrected chi connectivity index (χ3v) is 5.10. The Balaban J connectivity index is 1.82. The number of allylic oxidation sites excluding steroid dienone is 1. The van der Waals surface area contributed by atoms with E-state index in [1.165, 1.54) is 12.8 Å². The lowest BCUT2D eigenvalue weighted by atomic mass is 9.91. The van der Waals surface area contributed by atoms with Gasteiger partial charge in [0.05, 0.1) is 18.2 Å². The summed E-state index contributed by atoms with van der Waals surface area (Å²) in [5, 5.41) is 7.67. The van der Waals surface area contributed by atoms with Crippen LogP contribution in [0.2, 0.25) is 0 Å². The molecule has 0 saturated carbocycles. The highest BCUT2D eigenvalue weighted by molar-refractivity contribution is 5.97. The van der Waals surface area contributed by atoms with Gasteiger partial charge in [-0.05, 0) is 29.7 Å². The third-order valence-electron chi connectivity index (χ3n) is 5.10. The molecule has 2 amide bonds. The number of hydrogen-bond acceptors (Lipinski definition) is 3. The van der Waals surface area contributed by atoms with Crippen LogP contribution in [0.1, 0.15) is 57.6 Å². The summed E-state index contributed by atoms with van der Waals surface area (Å²) < 4.78 is 5.54. The number of unbranched alkanes of at least 4 members (excludes halogenated alkanes) is 4. The predicted octanol–water partition coefficient (Wildman–Crippen LogP) is 4.98. The highest BCUT2D eigenvalue weighted by Gasteiger charge is 2.32. The second kappa shape index (κ2) is 9.40. The summed E-state index contributed by atoms with van der Waals surface area (Å²) in [4.78, 5) is 25.0. The summed E-state index contributed by atoms with van der Waals surface area (Å²) in [5.41, 5.74) is 1.89. The summed E-state index contributed by atoms with van der Waals surface area (Å²) in [6.07, 6.45) is 5.46. The number of benzene rings is 2. The van der Waals surface area contributed by atoms with E-state index in [1.54, 1.807) is 6.92 Å². The van der Waals surface area contributed by atoms with Gasteiger partial charge in [-0.25, -0.2) is 9.59 Å². The largest absolute Gasteiger partial charge is 0.462 e. The van der Waals surface area contributed by atoms with E-state index in [-0.39, 0.29) is 12.0 Å². The topological polar surface area (TPSA) is 67.4 Å². The lowest BCUT2D eigenvalue weighted by molar-refractivity contribution is -0.139. The van der Waals surface area contributed by atoms with Crippen LogP contribution < -0.4 is 10.6 Å². The minimum Gasteiger partial charge on any atom is -0.462 e. The minimum absolute atomic E-state index is 0.313. The molecule has 148 valence electrons. The Hall–Kier alpha value is -2.82. The third kappa shape index (κ3) is 4.53. The number of fused-ring (bicyclic) bond motifs is 1. The van der Waals surface area contributed by atoms with Crippen LogP contribution in [0.5, 0.6) is 0 Å². The molecule has 0 spiro atoms. The molecule has 1 heterocycles. The van der Waals surface area contributed by atoms with E-state index in [0.29, 0.717) is 17.9 Å². The van der Waals surface area contributed by atoms with Gasteiger partial charge in [0, 0.05) is 5.70 Å². The van der Waals surface area contributed by atoms with Gasteiger partial charge in [0.25, 0.3) is 0 Å². The Labute approximate surface area is 166 Å². The second-order valence-electron chi connectivity index (χ2n) is 7.19. The Morgan fingerprint density at radius 1 is 1.04 bits per heavy atom. The van der Waals surface area contributed by atoms with Crippen molar-refractivity contribution in [3.8, 4) is 0 Å². The number of ether oxygens (including phenoxy) is 1. The molecule has 5 nitrogen and oxygen atoms in total. The first-order valence-electron chi connectivity index (χ1n) is 10.0. The van der Waals surface area contributed by atoms with Gasteiger partial charge < -0.3 is 15.4 Å². The number of esters is 1. The molecular formula is C23H28N2O3. The molecule has 28 heavy (non-hydrogen) atoms. The normalized spacial score (nSPS) is 16.6. The maximum Gasteiger partial charge on any atom is 0.338 e. The minimum atomic E-state index is -0.535. The van der Waals surface area contributed by atoms with Crippen LogP contribution in [0, 0.1) is 0 Å². The van der Waals surface area contributed by atoms with E-state index < -0.39 is 6.04 Å². The molecule has 3 rings (SSSR count). The number of carbonyl (C=O) groups excluding carboxylic acids is 2. The Kier molecular flexibility index (Phi) is 6.69. The van der Waals surface area contributed by atoms with Gasteiger partial charge >= 0.3 is 12.0 Å². The van der Waals surface area contributed by atoms with Crippen molar-refractivity contribution in [1.82, 2.24) is 10.6 Å². The maximum absolute atomic E-state index is 12.9.